The highest BCUT2D eigenvalue weighted by Gasteiger charge is 2.61. The Morgan fingerprint density at radius 2 is 1.93 bits per heavy atom. The Hall–Kier alpha value is -1.23. The molecule has 5 heteroatoms. The Morgan fingerprint density at radius 1 is 1.13 bits per heavy atom. The van der Waals surface area contributed by atoms with Crippen molar-refractivity contribution in [2.24, 2.45) is 46.8 Å². The summed E-state index contributed by atoms with van der Waals surface area (Å²) >= 11 is 0. The second kappa shape index (κ2) is 7.43. The summed E-state index contributed by atoms with van der Waals surface area (Å²) in [6.07, 6.45) is 14.0. The average Bonchev–Trinajstić information content (AvgIpc) is 3.31. The van der Waals surface area contributed by atoms with E-state index >= 15 is 0 Å². The second-order valence-corrected chi connectivity index (χ2v) is 11.7. The summed E-state index contributed by atoms with van der Waals surface area (Å²) in [4.78, 5) is 13.4. The van der Waals surface area contributed by atoms with Crippen molar-refractivity contribution < 1.29 is 9.90 Å². The zero-order chi connectivity index (χ0) is 21.1. The van der Waals surface area contributed by atoms with Gasteiger partial charge in [-0.25, -0.2) is 4.68 Å². The lowest BCUT2D eigenvalue weighted by Gasteiger charge is -2.57. The molecule has 0 aliphatic heterocycles. The van der Waals surface area contributed by atoms with Crippen LogP contribution >= 0.6 is 0 Å². The van der Waals surface area contributed by atoms with Crippen molar-refractivity contribution >= 4 is 5.78 Å². The standard InChI is InChI=1S/C25H39N3O2/c1-4-16-13-21(22(29)15-28-12-11-26-27-28)25(3)10-8-19-18-7-9-24(2,30)14-17(18)5-6-20(19)23(16)25/h11-12,16-21,23,30H,4-10,13-15H2,1-3H3/t16?,17-,18+,19-,20-,21-,23+,24-,25-/m1/s1. The number of aliphatic hydroxyl groups is 1. The molecule has 1 aromatic rings. The Labute approximate surface area is 181 Å². The average molecular weight is 414 g/mol. The van der Waals surface area contributed by atoms with Crippen molar-refractivity contribution in [3.05, 3.63) is 12.4 Å². The minimum absolute atomic E-state index is 0.145. The molecule has 0 aromatic carbocycles. The van der Waals surface area contributed by atoms with Gasteiger partial charge in [0.25, 0.3) is 0 Å². The lowest BCUT2D eigenvalue weighted by Crippen LogP contribution is -2.52. The normalized spacial score (nSPS) is 47.9. The zero-order valence-electron chi connectivity index (χ0n) is 19.0. The van der Waals surface area contributed by atoms with Gasteiger partial charge in [-0.05, 0) is 99.2 Å². The van der Waals surface area contributed by atoms with E-state index in [2.05, 4.69) is 24.2 Å². The van der Waals surface area contributed by atoms with E-state index in [1.807, 2.05) is 6.92 Å². The summed E-state index contributed by atoms with van der Waals surface area (Å²) in [6, 6.07) is 0. The molecule has 4 saturated carbocycles. The van der Waals surface area contributed by atoms with E-state index in [0.29, 0.717) is 30.1 Å². The molecule has 1 N–H and O–H groups in total. The number of ketones is 1. The molecule has 1 unspecified atom stereocenters. The highest BCUT2D eigenvalue weighted by atomic mass is 16.3. The first kappa shape index (κ1) is 20.7. The van der Waals surface area contributed by atoms with Gasteiger partial charge in [0.1, 0.15) is 6.54 Å². The van der Waals surface area contributed by atoms with Gasteiger partial charge < -0.3 is 5.11 Å². The highest BCUT2D eigenvalue weighted by Crippen LogP contribution is 2.66. The van der Waals surface area contributed by atoms with Gasteiger partial charge in [-0.15, -0.1) is 5.10 Å². The summed E-state index contributed by atoms with van der Waals surface area (Å²) in [6.45, 7) is 7.20. The number of hydrogen-bond acceptors (Lipinski definition) is 4. The molecule has 1 heterocycles. The van der Waals surface area contributed by atoms with Gasteiger partial charge in [-0.1, -0.05) is 25.5 Å². The molecule has 0 amide bonds. The molecular formula is C25H39N3O2. The first-order chi connectivity index (χ1) is 14.3. The van der Waals surface area contributed by atoms with Crippen LogP contribution in [-0.2, 0) is 11.3 Å². The van der Waals surface area contributed by atoms with Crippen LogP contribution in [0.5, 0.6) is 0 Å². The molecule has 5 rings (SSSR count). The molecule has 0 radical (unpaired) electrons. The largest absolute Gasteiger partial charge is 0.390 e. The number of carbonyl (C=O) groups is 1. The van der Waals surface area contributed by atoms with Gasteiger partial charge in [-0.2, -0.15) is 0 Å². The molecule has 30 heavy (non-hydrogen) atoms. The van der Waals surface area contributed by atoms with Crippen molar-refractivity contribution in [2.75, 3.05) is 0 Å². The third-order valence-corrected chi connectivity index (χ3v) is 10.1. The minimum Gasteiger partial charge on any atom is -0.390 e. The molecule has 1 aromatic heterocycles. The number of hydrogen-bond donors (Lipinski definition) is 1. The fourth-order valence-electron chi connectivity index (χ4n) is 8.88. The maximum Gasteiger partial charge on any atom is 0.157 e. The maximum atomic E-state index is 13.4. The monoisotopic (exact) mass is 413 g/mol. The molecule has 5 nitrogen and oxygen atoms in total. The van der Waals surface area contributed by atoms with Crippen molar-refractivity contribution in [3.8, 4) is 0 Å². The van der Waals surface area contributed by atoms with E-state index in [0.717, 1.165) is 37.0 Å². The maximum absolute atomic E-state index is 13.4. The number of nitrogens with zero attached hydrogens (tertiary/aromatic N) is 3. The first-order valence-electron chi connectivity index (χ1n) is 12.4. The number of rotatable bonds is 4. The highest BCUT2D eigenvalue weighted by molar-refractivity contribution is 5.82. The van der Waals surface area contributed by atoms with Gasteiger partial charge in [0.2, 0.25) is 0 Å². The van der Waals surface area contributed by atoms with Crippen molar-refractivity contribution in [1.82, 2.24) is 15.0 Å². The number of aromatic nitrogens is 3. The molecule has 166 valence electrons. The quantitative estimate of drug-likeness (QED) is 0.789. The third-order valence-electron chi connectivity index (χ3n) is 10.1. The number of Topliss-reactive ketones (excluding diaryl/α,β-unsaturated/α-hetero) is 1. The van der Waals surface area contributed by atoms with Crippen LogP contribution in [0.25, 0.3) is 0 Å². The molecule has 4 fully saturated rings. The SMILES string of the molecule is CCC1C[C@H](C(=O)Cn2ccnn2)[C@@]2(C)CC[C@H]3[C@@H](CC[C@@H]4C[C@](C)(O)CC[C@@H]43)[C@H]12. The summed E-state index contributed by atoms with van der Waals surface area (Å²) in [5, 5.41) is 18.6. The first-order valence-corrected chi connectivity index (χ1v) is 12.4. The summed E-state index contributed by atoms with van der Waals surface area (Å²) in [5.41, 5.74) is -0.304. The van der Waals surface area contributed by atoms with E-state index in [1.54, 1.807) is 17.1 Å². The fourth-order valence-corrected chi connectivity index (χ4v) is 8.88. The summed E-state index contributed by atoms with van der Waals surface area (Å²) < 4.78 is 1.70. The molecular weight excluding hydrogens is 374 g/mol. The topological polar surface area (TPSA) is 68.0 Å². The van der Waals surface area contributed by atoms with Crippen LogP contribution < -0.4 is 0 Å². The van der Waals surface area contributed by atoms with E-state index in [-0.39, 0.29) is 11.3 Å². The molecule has 0 spiro atoms. The van der Waals surface area contributed by atoms with E-state index in [4.69, 9.17) is 0 Å². The van der Waals surface area contributed by atoms with E-state index in [9.17, 15) is 9.90 Å². The van der Waals surface area contributed by atoms with Gasteiger partial charge >= 0.3 is 0 Å². The van der Waals surface area contributed by atoms with Gasteiger partial charge in [-0.3, -0.25) is 4.79 Å². The Kier molecular flexibility index (Phi) is 5.11. The smallest absolute Gasteiger partial charge is 0.157 e. The van der Waals surface area contributed by atoms with Crippen LogP contribution in [0.4, 0.5) is 0 Å². The predicted octanol–water partition coefficient (Wildman–Crippen LogP) is 4.50. The van der Waals surface area contributed by atoms with Crippen LogP contribution in [-0.4, -0.2) is 31.5 Å². The van der Waals surface area contributed by atoms with Gasteiger partial charge in [0, 0.05) is 12.1 Å². The Morgan fingerprint density at radius 3 is 2.67 bits per heavy atom. The Balaban J connectivity index is 1.38. The fraction of sp³-hybridized carbons (Fsp3) is 0.880. The molecule has 0 bridgehead atoms. The minimum atomic E-state index is -0.449. The predicted molar refractivity (Wildman–Crippen MR) is 115 cm³/mol. The lowest BCUT2D eigenvalue weighted by molar-refractivity contribution is -0.134. The van der Waals surface area contributed by atoms with Crippen LogP contribution in [0.1, 0.15) is 78.6 Å². The van der Waals surface area contributed by atoms with E-state index < -0.39 is 5.60 Å². The second-order valence-electron chi connectivity index (χ2n) is 11.7. The summed E-state index contributed by atoms with van der Waals surface area (Å²) in [7, 11) is 0. The molecule has 0 saturated heterocycles. The third kappa shape index (κ3) is 3.27. The van der Waals surface area contributed by atoms with Crippen LogP contribution in [0.15, 0.2) is 12.4 Å². The van der Waals surface area contributed by atoms with Crippen molar-refractivity contribution in [1.29, 1.82) is 0 Å². The lowest BCUT2D eigenvalue weighted by atomic mass is 9.48. The number of carbonyl (C=O) groups excluding carboxylic acids is 1. The Bertz CT molecular complexity index is 775. The van der Waals surface area contributed by atoms with Crippen LogP contribution in [0.3, 0.4) is 0 Å². The molecule has 9 atom stereocenters. The van der Waals surface area contributed by atoms with Crippen LogP contribution in [0.2, 0.25) is 0 Å². The molecule has 4 aliphatic rings. The van der Waals surface area contributed by atoms with Crippen molar-refractivity contribution in [2.45, 2.75) is 90.7 Å². The number of fused-ring (bicyclic) bond motifs is 5. The summed E-state index contributed by atoms with van der Waals surface area (Å²) in [5.74, 6) is 5.01. The van der Waals surface area contributed by atoms with Gasteiger partial charge in [0.05, 0.1) is 11.8 Å². The van der Waals surface area contributed by atoms with Crippen LogP contribution in [0, 0.1) is 46.8 Å². The van der Waals surface area contributed by atoms with Gasteiger partial charge in [0.15, 0.2) is 5.78 Å². The zero-order valence-corrected chi connectivity index (χ0v) is 19.0. The van der Waals surface area contributed by atoms with Crippen molar-refractivity contribution in [3.63, 3.8) is 0 Å². The van der Waals surface area contributed by atoms with E-state index in [1.165, 1.54) is 38.5 Å². The molecule has 4 aliphatic carbocycles.